The highest BCUT2D eigenvalue weighted by molar-refractivity contribution is 7.13. The quantitative estimate of drug-likeness (QED) is 0.377. The van der Waals surface area contributed by atoms with E-state index in [-0.39, 0.29) is 42.6 Å². The molecule has 0 aliphatic heterocycles. The monoisotopic (exact) mass is 506 g/mol. The number of anilines is 1. The fraction of sp³-hybridized carbons (Fsp3) is 0.357. The van der Waals surface area contributed by atoms with E-state index in [0.29, 0.717) is 22.9 Å². The summed E-state index contributed by atoms with van der Waals surface area (Å²) in [5.74, 6) is -0.391. The molecule has 1 aromatic heterocycles. The summed E-state index contributed by atoms with van der Waals surface area (Å²) >= 11 is 1.27. The predicted molar refractivity (Wildman–Crippen MR) is 144 cm³/mol. The number of carbonyl (C=O) groups is 3. The van der Waals surface area contributed by atoms with Gasteiger partial charge in [0, 0.05) is 23.5 Å². The maximum atomic E-state index is 12.9. The number of hydrogen-bond donors (Lipinski definition) is 2. The van der Waals surface area contributed by atoms with Crippen LogP contribution in [0.15, 0.2) is 66.0 Å². The summed E-state index contributed by atoms with van der Waals surface area (Å²) in [5.41, 5.74) is 2.39. The molecule has 36 heavy (non-hydrogen) atoms. The fourth-order valence-electron chi connectivity index (χ4n) is 3.79. The summed E-state index contributed by atoms with van der Waals surface area (Å²) < 4.78 is 0. The molecule has 1 unspecified atom stereocenters. The molecule has 8 heteroatoms. The lowest BCUT2D eigenvalue weighted by atomic mass is 10.1. The Kier molecular flexibility index (Phi) is 10.2. The smallest absolute Gasteiger partial charge is 0.254 e. The first-order chi connectivity index (χ1) is 17.3. The second kappa shape index (κ2) is 13.5. The van der Waals surface area contributed by atoms with E-state index >= 15 is 0 Å². The van der Waals surface area contributed by atoms with Gasteiger partial charge in [0.25, 0.3) is 5.91 Å². The molecule has 0 aliphatic rings. The van der Waals surface area contributed by atoms with Crippen molar-refractivity contribution >= 4 is 34.2 Å². The maximum Gasteiger partial charge on any atom is 0.254 e. The van der Waals surface area contributed by atoms with Crippen LogP contribution in [0.2, 0.25) is 0 Å². The van der Waals surface area contributed by atoms with Gasteiger partial charge in [-0.05, 0) is 43.4 Å². The molecule has 0 saturated carbocycles. The van der Waals surface area contributed by atoms with E-state index < -0.39 is 0 Å². The standard InChI is InChI=1S/C28H34N4O3S/c1-20(2)17-32(27(35)23-12-8-5-9-13-23)18-26(34)31-28-30-24(19-36-28)16-25(33)29-21(3)14-15-22-10-6-4-7-11-22/h4-13,19-21H,14-18H2,1-3H3,(H,29,33)(H,30,31,34). The molecule has 7 nitrogen and oxygen atoms in total. The summed E-state index contributed by atoms with van der Waals surface area (Å²) in [7, 11) is 0. The highest BCUT2D eigenvalue weighted by Crippen LogP contribution is 2.16. The number of nitrogens with zero attached hydrogens (tertiary/aromatic N) is 2. The number of aromatic nitrogens is 1. The highest BCUT2D eigenvalue weighted by Gasteiger charge is 2.20. The molecular formula is C28H34N4O3S. The van der Waals surface area contributed by atoms with Crippen molar-refractivity contribution < 1.29 is 14.4 Å². The van der Waals surface area contributed by atoms with E-state index in [1.54, 1.807) is 34.5 Å². The molecule has 190 valence electrons. The van der Waals surface area contributed by atoms with Crippen molar-refractivity contribution in [3.63, 3.8) is 0 Å². The lowest BCUT2D eigenvalue weighted by molar-refractivity contribution is -0.121. The number of benzene rings is 2. The molecule has 3 rings (SSSR count). The van der Waals surface area contributed by atoms with Crippen molar-refractivity contribution in [2.45, 2.75) is 46.1 Å². The van der Waals surface area contributed by atoms with Gasteiger partial charge in [0.1, 0.15) is 6.54 Å². The largest absolute Gasteiger partial charge is 0.353 e. The minimum atomic E-state index is -0.320. The first-order valence-corrected chi connectivity index (χ1v) is 13.1. The normalized spacial score (nSPS) is 11.7. The first-order valence-electron chi connectivity index (χ1n) is 12.2. The second-order valence-corrected chi connectivity index (χ2v) is 10.2. The van der Waals surface area contributed by atoms with Crippen LogP contribution in [0, 0.1) is 5.92 Å². The third kappa shape index (κ3) is 8.92. The van der Waals surface area contributed by atoms with E-state index in [4.69, 9.17) is 0 Å². The fourth-order valence-corrected chi connectivity index (χ4v) is 4.52. The van der Waals surface area contributed by atoms with Crippen LogP contribution in [0.4, 0.5) is 5.13 Å². The van der Waals surface area contributed by atoms with Gasteiger partial charge >= 0.3 is 0 Å². The van der Waals surface area contributed by atoms with Crippen LogP contribution in [-0.4, -0.2) is 46.7 Å². The van der Waals surface area contributed by atoms with E-state index in [0.717, 1.165) is 12.8 Å². The number of amides is 3. The molecule has 0 spiro atoms. The van der Waals surface area contributed by atoms with Gasteiger partial charge in [-0.2, -0.15) is 0 Å². The molecule has 1 heterocycles. The average molecular weight is 507 g/mol. The molecule has 1 atom stereocenters. The third-order valence-corrected chi connectivity index (χ3v) is 6.29. The van der Waals surface area contributed by atoms with Crippen LogP contribution < -0.4 is 10.6 Å². The Morgan fingerprint density at radius 1 is 0.944 bits per heavy atom. The number of aryl methyl sites for hydroxylation is 1. The number of carbonyl (C=O) groups excluding carboxylic acids is 3. The molecule has 0 saturated heterocycles. The summed E-state index contributed by atoms with van der Waals surface area (Å²) in [6.07, 6.45) is 1.90. The highest BCUT2D eigenvalue weighted by atomic mass is 32.1. The lowest BCUT2D eigenvalue weighted by Gasteiger charge is -2.24. The van der Waals surface area contributed by atoms with Gasteiger partial charge in [0.2, 0.25) is 11.8 Å². The molecular weight excluding hydrogens is 472 g/mol. The zero-order chi connectivity index (χ0) is 25.9. The predicted octanol–water partition coefficient (Wildman–Crippen LogP) is 4.56. The first kappa shape index (κ1) is 27.1. The van der Waals surface area contributed by atoms with Gasteiger partial charge in [-0.15, -0.1) is 11.3 Å². The van der Waals surface area contributed by atoms with Gasteiger partial charge < -0.3 is 15.5 Å². The molecule has 2 N–H and O–H groups in total. The zero-order valence-corrected chi connectivity index (χ0v) is 21.9. The Hall–Kier alpha value is -3.52. The molecule has 2 aromatic carbocycles. The molecule has 0 aliphatic carbocycles. The van der Waals surface area contributed by atoms with Crippen LogP contribution in [0.3, 0.4) is 0 Å². The number of hydrogen-bond acceptors (Lipinski definition) is 5. The van der Waals surface area contributed by atoms with Crippen LogP contribution in [0.25, 0.3) is 0 Å². The van der Waals surface area contributed by atoms with Crippen molar-refractivity contribution in [2.75, 3.05) is 18.4 Å². The van der Waals surface area contributed by atoms with Gasteiger partial charge in [-0.25, -0.2) is 4.98 Å². The van der Waals surface area contributed by atoms with Crippen molar-refractivity contribution in [3.8, 4) is 0 Å². The van der Waals surface area contributed by atoms with Crippen LogP contribution in [-0.2, 0) is 22.4 Å². The van der Waals surface area contributed by atoms with Crippen LogP contribution in [0.1, 0.15) is 48.8 Å². The van der Waals surface area contributed by atoms with Gasteiger partial charge in [-0.1, -0.05) is 62.4 Å². The minimum Gasteiger partial charge on any atom is -0.353 e. The van der Waals surface area contributed by atoms with Crippen LogP contribution in [0.5, 0.6) is 0 Å². The third-order valence-electron chi connectivity index (χ3n) is 5.48. The Morgan fingerprint density at radius 3 is 2.28 bits per heavy atom. The number of rotatable bonds is 12. The van der Waals surface area contributed by atoms with Crippen LogP contribution >= 0.6 is 11.3 Å². The number of nitrogens with one attached hydrogen (secondary N) is 2. The SMILES string of the molecule is CC(C)CN(CC(=O)Nc1nc(CC(=O)NC(C)CCc2ccccc2)cs1)C(=O)c1ccccc1. The Balaban J connectivity index is 1.48. The number of thiazole rings is 1. The van der Waals surface area contributed by atoms with Gasteiger partial charge in [0.05, 0.1) is 12.1 Å². The van der Waals surface area contributed by atoms with Crippen molar-refractivity contribution in [2.24, 2.45) is 5.92 Å². The summed E-state index contributed by atoms with van der Waals surface area (Å²) in [6, 6.07) is 19.2. The Bertz CT molecular complexity index is 1130. The van der Waals surface area contributed by atoms with E-state index in [9.17, 15) is 14.4 Å². The van der Waals surface area contributed by atoms with Crippen molar-refractivity contribution in [1.82, 2.24) is 15.2 Å². The summed E-state index contributed by atoms with van der Waals surface area (Å²) in [6.45, 7) is 6.40. The van der Waals surface area contributed by atoms with Crippen molar-refractivity contribution in [3.05, 3.63) is 82.9 Å². The topological polar surface area (TPSA) is 91.4 Å². The van der Waals surface area contributed by atoms with Crippen molar-refractivity contribution in [1.29, 1.82) is 0 Å². The maximum absolute atomic E-state index is 12.9. The molecule has 0 radical (unpaired) electrons. The van der Waals surface area contributed by atoms with Gasteiger partial charge in [-0.3, -0.25) is 14.4 Å². The van der Waals surface area contributed by atoms with E-state index in [1.165, 1.54) is 16.9 Å². The molecule has 3 aromatic rings. The average Bonchev–Trinajstić information content (AvgIpc) is 3.28. The van der Waals surface area contributed by atoms with E-state index in [2.05, 4.69) is 27.8 Å². The van der Waals surface area contributed by atoms with Gasteiger partial charge in [0.15, 0.2) is 5.13 Å². The molecule has 0 fully saturated rings. The minimum absolute atomic E-state index is 0.0459. The summed E-state index contributed by atoms with van der Waals surface area (Å²) in [4.78, 5) is 44.0. The second-order valence-electron chi connectivity index (χ2n) is 9.31. The Morgan fingerprint density at radius 2 is 1.61 bits per heavy atom. The molecule has 0 bridgehead atoms. The lowest BCUT2D eigenvalue weighted by Crippen LogP contribution is -2.40. The zero-order valence-electron chi connectivity index (χ0n) is 21.1. The summed E-state index contributed by atoms with van der Waals surface area (Å²) in [5, 5.41) is 7.97. The van der Waals surface area contributed by atoms with E-state index in [1.807, 2.05) is 45.0 Å². The molecule has 3 amide bonds. The Labute approximate surface area is 216 Å².